The number of hydrogen-bond donors (Lipinski definition) is 1. The molecule has 1 rings (SSSR count). The fourth-order valence-corrected chi connectivity index (χ4v) is 0.969. The first kappa shape index (κ1) is 7.16. The summed E-state index contributed by atoms with van der Waals surface area (Å²) in [5.41, 5.74) is 0. The first-order chi connectivity index (χ1) is 4.61. The van der Waals surface area contributed by atoms with Crippen molar-refractivity contribution >= 4 is 23.3 Å². The Bertz CT molecular complexity index is 209. The van der Waals surface area contributed by atoms with E-state index in [0.29, 0.717) is 0 Å². The van der Waals surface area contributed by atoms with Crippen molar-refractivity contribution in [3.05, 3.63) is 0 Å². The van der Waals surface area contributed by atoms with E-state index in [4.69, 9.17) is 5.11 Å². The quantitative estimate of drug-likeness (QED) is 0.481. The van der Waals surface area contributed by atoms with Crippen LogP contribution in [0.3, 0.4) is 0 Å². The van der Waals surface area contributed by atoms with Crippen LogP contribution in [0.2, 0.25) is 0 Å². The SMILES string of the molecule is O=C(O)C1OS(=O)OC1=O. The second-order valence-electron chi connectivity index (χ2n) is 1.42. The summed E-state index contributed by atoms with van der Waals surface area (Å²) >= 11 is -2.23. The Morgan fingerprint density at radius 2 is 2.30 bits per heavy atom. The highest BCUT2D eigenvalue weighted by Gasteiger charge is 2.40. The van der Waals surface area contributed by atoms with Gasteiger partial charge in [0, 0.05) is 0 Å². The third-order valence-corrected chi connectivity index (χ3v) is 1.41. The molecular formula is C3H2O6S. The monoisotopic (exact) mass is 166 g/mol. The van der Waals surface area contributed by atoms with Crippen molar-refractivity contribution in [2.24, 2.45) is 0 Å². The van der Waals surface area contributed by atoms with Gasteiger partial charge < -0.3 is 9.29 Å². The van der Waals surface area contributed by atoms with E-state index in [2.05, 4.69) is 8.37 Å². The minimum atomic E-state index is -2.23. The summed E-state index contributed by atoms with van der Waals surface area (Å²) < 4.78 is 18.1. The standard InChI is InChI=1S/C3H2O6S/c4-2(5)1-3(6)9-10(7)8-1/h1H,(H,4,5). The molecule has 1 heterocycles. The van der Waals surface area contributed by atoms with Crippen molar-refractivity contribution in [3.8, 4) is 0 Å². The number of carbonyl (C=O) groups excluding carboxylic acids is 1. The average molecular weight is 166 g/mol. The summed E-state index contributed by atoms with van der Waals surface area (Å²) in [6.07, 6.45) is -1.74. The number of rotatable bonds is 1. The van der Waals surface area contributed by atoms with E-state index >= 15 is 0 Å². The number of carboxylic acid groups (broad SMARTS) is 1. The van der Waals surface area contributed by atoms with Crippen molar-refractivity contribution in [2.75, 3.05) is 0 Å². The van der Waals surface area contributed by atoms with E-state index in [-0.39, 0.29) is 0 Å². The summed E-state index contributed by atoms with van der Waals surface area (Å²) in [5.74, 6) is -2.64. The molecule has 0 radical (unpaired) electrons. The Kier molecular flexibility index (Phi) is 1.68. The number of aliphatic carboxylic acids is 1. The molecule has 0 aromatic heterocycles. The molecule has 0 aromatic carbocycles. The Morgan fingerprint density at radius 3 is 2.50 bits per heavy atom. The lowest BCUT2D eigenvalue weighted by atomic mass is 10.4. The van der Waals surface area contributed by atoms with Gasteiger partial charge in [-0.05, 0) is 0 Å². The molecule has 10 heavy (non-hydrogen) atoms. The lowest BCUT2D eigenvalue weighted by molar-refractivity contribution is -0.152. The molecule has 2 atom stereocenters. The van der Waals surface area contributed by atoms with Gasteiger partial charge in [-0.25, -0.2) is 13.8 Å². The Morgan fingerprint density at radius 1 is 1.70 bits per heavy atom. The molecule has 0 bridgehead atoms. The molecule has 1 saturated heterocycles. The van der Waals surface area contributed by atoms with Crippen LogP contribution in [0.5, 0.6) is 0 Å². The van der Waals surface area contributed by atoms with Gasteiger partial charge in [0.2, 0.25) is 0 Å². The molecule has 0 amide bonds. The van der Waals surface area contributed by atoms with Crippen LogP contribution < -0.4 is 0 Å². The van der Waals surface area contributed by atoms with Gasteiger partial charge in [-0.3, -0.25) is 0 Å². The van der Waals surface area contributed by atoms with Crippen molar-refractivity contribution in [1.82, 2.24) is 0 Å². The molecule has 1 N–H and O–H groups in total. The minimum absolute atomic E-state index is 1.13. The molecule has 0 spiro atoms. The summed E-state index contributed by atoms with van der Waals surface area (Å²) in [6.45, 7) is 0. The zero-order valence-corrected chi connectivity index (χ0v) is 5.29. The van der Waals surface area contributed by atoms with E-state index in [9.17, 15) is 13.8 Å². The highest BCUT2D eigenvalue weighted by Crippen LogP contribution is 2.09. The van der Waals surface area contributed by atoms with Gasteiger partial charge in [-0.15, -0.1) is 0 Å². The second-order valence-corrected chi connectivity index (χ2v) is 2.19. The Balaban J connectivity index is 2.72. The van der Waals surface area contributed by atoms with Crippen LogP contribution in [-0.2, 0) is 29.3 Å². The maximum Gasteiger partial charge on any atom is 0.364 e. The van der Waals surface area contributed by atoms with Crippen LogP contribution in [0.15, 0.2) is 0 Å². The summed E-state index contributed by atoms with van der Waals surface area (Å²) in [5, 5.41) is 8.14. The van der Waals surface area contributed by atoms with Gasteiger partial charge in [0.15, 0.2) is 0 Å². The number of carbonyl (C=O) groups is 2. The zero-order chi connectivity index (χ0) is 7.72. The summed E-state index contributed by atoms with van der Waals surface area (Å²) in [7, 11) is 0. The molecule has 1 aliphatic heterocycles. The van der Waals surface area contributed by atoms with Gasteiger partial charge in [0.1, 0.15) is 0 Å². The minimum Gasteiger partial charge on any atom is -0.479 e. The Hall–Kier alpha value is -0.950. The lowest BCUT2D eigenvalue weighted by Gasteiger charge is -1.91. The van der Waals surface area contributed by atoms with Gasteiger partial charge >= 0.3 is 23.3 Å². The van der Waals surface area contributed by atoms with Crippen molar-refractivity contribution < 1.29 is 27.3 Å². The molecule has 0 saturated carbocycles. The molecule has 0 aromatic rings. The van der Waals surface area contributed by atoms with Gasteiger partial charge in [-0.2, -0.15) is 4.21 Å². The highest BCUT2D eigenvalue weighted by molar-refractivity contribution is 7.76. The molecule has 6 nitrogen and oxygen atoms in total. The predicted molar refractivity (Wildman–Crippen MR) is 26.7 cm³/mol. The van der Waals surface area contributed by atoms with Gasteiger partial charge in [-0.1, -0.05) is 0 Å². The normalized spacial score (nSPS) is 31.8. The molecular weight excluding hydrogens is 164 g/mol. The van der Waals surface area contributed by atoms with E-state index in [1.165, 1.54) is 0 Å². The average Bonchev–Trinajstić information content (AvgIpc) is 2.10. The highest BCUT2D eigenvalue weighted by atomic mass is 32.2. The molecule has 1 fully saturated rings. The topological polar surface area (TPSA) is 89.9 Å². The van der Waals surface area contributed by atoms with E-state index in [1.807, 2.05) is 0 Å². The number of carboxylic acids is 1. The third kappa shape index (κ3) is 1.14. The molecule has 7 heteroatoms. The van der Waals surface area contributed by atoms with E-state index in [1.54, 1.807) is 0 Å². The van der Waals surface area contributed by atoms with E-state index < -0.39 is 29.4 Å². The van der Waals surface area contributed by atoms with Crippen LogP contribution >= 0.6 is 0 Å². The zero-order valence-electron chi connectivity index (χ0n) is 4.47. The Labute approximate surface area is 57.6 Å². The van der Waals surface area contributed by atoms with E-state index in [0.717, 1.165) is 0 Å². The van der Waals surface area contributed by atoms with Crippen LogP contribution in [-0.4, -0.2) is 27.4 Å². The van der Waals surface area contributed by atoms with Crippen LogP contribution in [0.25, 0.3) is 0 Å². The number of hydrogen-bond acceptors (Lipinski definition) is 5. The maximum absolute atomic E-state index is 10.3. The molecule has 0 aliphatic carbocycles. The summed E-state index contributed by atoms with van der Waals surface area (Å²) in [4.78, 5) is 20.3. The van der Waals surface area contributed by atoms with Crippen molar-refractivity contribution in [3.63, 3.8) is 0 Å². The van der Waals surface area contributed by atoms with Crippen LogP contribution in [0, 0.1) is 0 Å². The first-order valence-corrected chi connectivity index (χ1v) is 3.15. The first-order valence-electron chi connectivity index (χ1n) is 2.15. The van der Waals surface area contributed by atoms with Crippen LogP contribution in [0.4, 0.5) is 0 Å². The van der Waals surface area contributed by atoms with Crippen molar-refractivity contribution in [1.29, 1.82) is 0 Å². The molecule has 1 aliphatic rings. The smallest absolute Gasteiger partial charge is 0.364 e. The molecule has 2 unspecified atom stereocenters. The fourth-order valence-electron chi connectivity index (χ4n) is 0.390. The lowest BCUT2D eigenvalue weighted by Crippen LogP contribution is -2.26. The second kappa shape index (κ2) is 2.35. The largest absolute Gasteiger partial charge is 0.479 e. The van der Waals surface area contributed by atoms with Crippen LogP contribution in [0.1, 0.15) is 0 Å². The van der Waals surface area contributed by atoms with Crippen molar-refractivity contribution in [2.45, 2.75) is 6.10 Å². The molecule has 56 valence electrons. The van der Waals surface area contributed by atoms with Gasteiger partial charge in [0.05, 0.1) is 0 Å². The predicted octanol–water partition coefficient (Wildman–Crippen LogP) is -1.41. The maximum atomic E-state index is 10.3. The summed E-state index contributed by atoms with van der Waals surface area (Å²) in [6, 6.07) is 0. The third-order valence-electron chi connectivity index (χ3n) is 0.763. The van der Waals surface area contributed by atoms with Gasteiger partial charge in [0.25, 0.3) is 6.10 Å². The fraction of sp³-hybridized carbons (Fsp3) is 0.333.